The Kier molecular flexibility index (Phi) is 4.75. The molecule has 3 aromatic rings. The first kappa shape index (κ1) is 16.8. The van der Waals surface area contributed by atoms with Gasteiger partial charge in [0.25, 0.3) is 5.56 Å². The van der Waals surface area contributed by atoms with Crippen LogP contribution in [0.15, 0.2) is 35.3 Å². The first-order valence-electron chi connectivity index (χ1n) is 8.65. The molecule has 1 aliphatic carbocycles. The molecule has 0 saturated heterocycles. The number of hydrogen-bond donors (Lipinski definition) is 1. The third-order valence-corrected chi connectivity index (χ3v) is 5.35. The average molecular weight is 372 g/mol. The van der Waals surface area contributed by atoms with Crippen molar-refractivity contribution in [3.63, 3.8) is 0 Å². The molecule has 0 aliphatic heterocycles. The van der Waals surface area contributed by atoms with Gasteiger partial charge in [0, 0.05) is 30.4 Å². The quantitative estimate of drug-likeness (QED) is 0.716. The number of anilines is 1. The minimum Gasteiger partial charge on any atom is -0.497 e. The zero-order valence-electron chi connectivity index (χ0n) is 14.5. The molecule has 1 fully saturated rings. The summed E-state index contributed by atoms with van der Waals surface area (Å²) in [7, 11) is 1.65. The van der Waals surface area contributed by atoms with Crippen molar-refractivity contribution in [1.82, 2.24) is 14.6 Å². The van der Waals surface area contributed by atoms with Crippen LogP contribution in [0.3, 0.4) is 0 Å². The van der Waals surface area contributed by atoms with E-state index in [0.29, 0.717) is 16.6 Å². The van der Waals surface area contributed by atoms with E-state index >= 15 is 0 Å². The van der Waals surface area contributed by atoms with Crippen LogP contribution >= 0.6 is 11.3 Å². The molecule has 0 spiro atoms. The van der Waals surface area contributed by atoms with Gasteiger partial charge in [-0.25, -0.2) is 4.98 Å². The third kappa shape index (κ3) is 3.50. The second kappa shape index (κ2) is 7.33. The fourth-order valence-corrected chi connectivity index (χ4v) is 3.86. The van der Waals surface area contributed by atoms with E-state index in [9.17, 15) is 4.79 Å². The van der Waals surface area contributed by atoms with Crippen LogP contribution in [-0.2, 0) is 6.54 Å². The van der Waals surface area contributed by atoms with Crippen LogP contribution in [0.4, 0.5) is 5.13 Å². The molecule has 2 heterocycles. The second-order valence-electron chi connectivity index (χ2n) is 6.24. The maximum absolute atomic E-state index is 11.8. The topological polar surface area (TPSA) is 77.8 Å². The number of fused-ring (bicyclic) bond motifs is 1. The highest BCUT2D eigenvalue weighted by molar-refractivity contribution is 7.20. The number of benzene rings is 1. The summed E-state index contributed by atoms with van der Waals surface area (Å²) in [6.45, 7) is 0.542. The van der Waals surface area contributed by atoms with E-state index in [1.807, 2.05) is 18.2 Å². The predicted octanol–water partition coefficient (Wildman–Crippen LogP) is 3.09. The standard InChI is InChI=1S/C18H20N4O3S/c1-24-14-7-6-12(15(10-14)25-13-4-2-3-5-13)11-20-17-21-22-16(23)8-9-19-18(22)26-17/h6-10,13H,2-5,11H2,1H3,(H,20,21). The van der Waals surface area contributed by atoms with Crippen molar-refractivity contribution in [2.75, 3.05) is 12.4 Å². The van der Waals surface area contributed by atoms with Crippen LogP contribution in [0.5, 0.6) is 11.5 Å². The van der Waals surface area contributed by atoms with Gasteiger partial charge in [-0.05, 0) is 37.8 Å². The Morgan fingerprint density at radius 1 is 1.31 bits per heavy atom. The zero-order valence-corrected chi connectivity index (χ0v) is 15.3. The van der Waals surface area contributed by atoms with Gasteiger partial charge in [0.2, 0.25) is 10.1 Å². The molecule has 0 radical (unpaired) electrons. The van der Waals surface area contributed by atoms with Crippen molar-refractivity contribution >= 4 is 21.4 Å². The van der Waals surface area contributed by atoms with Gasteiger partial charge in [-0.3, -0.25) is 4.79 Å². The predicted molar refractivity (Wildman–Crippen MR) is 100 cm³/mol. The fourth-order valence-electron chi connectivity index (χ4n) is 3.09. The van der Waals surface area contributed by atoms with Gasteiger partial charge in [0.05, 0.1) is 13.2 Å². The highest BCUT2D eigenvalue weighted by atomic mass is 32.1. The van der Waals surface area contributed by atoms with E-state index in [4.69, 9.17) is 9.47 Å². The van der Waals surface area contributed by atoms with E-state index in [0.717, 1.165) is 29.9 Å². The molecule has 1 saturated carbocycles. The monoisotopic (exact) mass is 372 g/mol. The van der Waals surface area contributed by atoms with Gasteiger partial charge >= 0.3 is 0 Å². The van der Waals surface area contributed by atoms with Crippen LogP contribution < -0.4 is 20.3 Å². The first-order valence-corrected chi connectivity index (χ1v) is 9.47. The van der Waals surface area contributed by atoms with Crippen molar-refractivity contribution in [2.45, 2.75) is 38.3 Å². The van der Waals surface area contributed by atoms with Gasteiger partial charge in [-0.15, -0.1) is 5.10 Å². The number of nitrogens with one attached hydrogen (secondary N) is 1. The lowest BCUT2D eigenvalue weighted by molar-refractivity contribution is 0.207. The van der Waals surface area contributed by atoms with E-state index in [1.54, 1.807) is 7.11 Å². The van der Waals surface area contributed by atoms with Crippen LogP contribution in [0.2, 0.25) is 0 Å². The largest absolute Gasteiger partial charge is 0.497 e. The summed E-state index contributed by atoms with van der Waals surface area (Å²) in [5.74, 6) is 1.61. The Morgan fingerprint density at radius 2 is 2.15 bits per heavy atom. The molecule has 136 valence electrons. The van der Waals surface area contributed by atoms with Crippen molar-refractivity contribution in [1.29, 1.82) is 0 Å². The molecule has 1 N–H and O–H groups in total. The summed E-state index contributed by atoms with van der Waals surface area (Å²) in [5, 5.41) is 8.19. The average Bonchev–Trinajstić information content (AvgIpc) is 3.30. The number of rotatable bonds is 6. The molecule has 8 heteroatoms. The Balaban J connectivity index is 1.54. The molecular formula is C18H20N4O3S. The summed E-state index contributed by atoms with van der Waals surface area (Å²) in [4.78, 5) is 16.5. The van der Waals surface area contributed by atoms with Crippen molar-refractivity contribution in [2.24, 2.45) is 0 Å². The van der Waals surface area contributed by atoms with Gasteiger partial charge in [0.1, 0.15) is 11.5 Å². The molecule has 0 amide bonds. The summed E-state index contributed by atoms with van der Waals surface area (Å²) < 4.78 is 12.8. The normalized spacial score (nSPS) is 14.7. The molecule has 1 aliphatic rings. The number of aromatic nitrogens is 3. The van der Waals surface area contributed by atoms with E-state index in [-0.39, 0.29) is 11.7 Å². The van der Waals surface area contributed by atoms with Crippen LogP contribution in [0.25, 0.3) is 4.96 Å². The lowest BCUT2D eigenvalue weighted by atomic mass is 10.2. The van der Waals surface area contributed by atoms with E-state index in [2.05, 4.69) is 15.4 Å². The van der Waals surface area contributed by atoms with Gasteiger partial charge in [-0.1, -0.05) is 11.3 Å². The summed E-state index contributed by atoms with van der Waals surface area (Å²) in [6.07, 6.45) is 6.39. The maximum Gasteiger partial charge on any atom is 0.275 e. The molecule has 26 heavy (non-hydrogen) atoms. The third-order valence-electron chi connectivity index (χ3n) is 4.47. The van der Waals surface area contributed by atoms with Gasteiger partial charge in [0.15, 0.2) is 0 Å². The highest BCUT2D eigenvalue weighted by Crippen LogP contribution is 2.30. The maximum atomic E-state index is 11.8. The molecule has 0 unspecified atom stereocenters. The fraction of sp³-hybridized carbons (Fsp3) is 0.389. The number of ether oxygens (including phenoxy) is 2. The Hall–Kier alpha value is -2.61. The van der Waals surface area contributed by atoms with Gasteiger partial charge in [-0.2, -0.15) is 4.52 Å². The first-order chi connectivity index (χ1) is 12.7. The van der Waals surface area contributed by atoms with Crippen LogP contribution in [0.1, 0.15) is 31.2 Å². The summed E-state index contributed by atoms with van der Waals surface area (Å²) in [5.41, 5.74) is 0.839. The van der Waals surface area contributed by atoms with E-state index in [1.165, 1.54) is 41.0 Å². The van der Waals surface area contributed by atoms with Crippen LogP contribution in [-0.4, -0.2) is 27.8 Å². The number of hydrogen-bond acceptors (Lipinski definition) is 7. The lowest BCUT2D eigenvalue weighted by Gasteiger charge is -2.17. The Bertz CT molecular complexity index is 962. The highest BCUT2D eigenvalue weighted by Gasteiger charge is 2.18. The van der Waals surface area contributed by atoms with Crippen molar-refractivity contribution < 1.29 is 9.47 Å². The molecule has 1 aromatic carbocycles. The SMILES string of the molecule is COc1ccc(CNc2nn3c(=O)ccnc3s2)c(OC2CCCC2)c1. The molecule has 7 nitrogen and oxygen atoms in total. The Labute approximate surface area is 154 Å². The molecular weight excluding hydrogens is 352 g/mol. The lowest BCUT2D eigenvalue weighted by Crippen LogP contribution is -2.14. The molecule has 0 atom stereocenters. The zero-order chi connectivity index (χ0) is 17.9. The minimum atomic E-state index is -0.186. The summed E-state index contributed by atoms with van der Waals surface area (Å²) in [6, 6.07) is 7.24. The van der Waals surface area contributed by atoms with Crippen LogP contribution in [0, 0.1) is 0 Å². The molecule has 0 bridgehead atoms. The Morgan fingerprint density at radius 3 is 2.92 bits per heavy atom. The molecule has 2 aromatic heterocycles. The van der Waals surface area contributed by atoms with E-state index < -0.39 is 0 Å². The number of nitrogens with zero attached hydrogens (tertiary/aromatic N) is 3. The van der Waals surface area contributed by atoms with Crippen molar-refractivity contribution in [3.05, 3.63) is 46.4 Å². The summed E-state index contributed by atoms with van der Waals surface area (Å²) >= 11 is 1.34. The smallest absolute Gasteiger partial charge is 0.275 e. The molecule has 4 rings (SSSR count). The minimum absolute atomic E-state index is 0.186. The van der Waals surface area contributed by atoms with Crippen molar-refractivity contribution in [3.8, 4) is 11.5 Å². The van der Waals surface area contributed by atoms with Gasteiger partial charge < -0.3 is 14.8 Å². The second-order valence-corrected chi connectivity index (χ2v) is 7.19. The number of methoxy groups -OCH3 is 1.